The van der Waals surface area contributed by atoms with Crippen LogP contribution in [0.15, 0.2) is 35.1 Å². The molecule has 0 spiro atoms. The molecule has 0 radical (unpaired) electrons. The number of likely N-dealkylation sites (tertiary alicyclic amines) is 1. The first-order valence-corrected chi connectivity index (χ1v) is 7.07. The van der Waals surface area contributed by atoms with Crippen LogP contribution in [0.4, 0.5) is 0 Å². The fourth-order valence-corrected chi connectivity index (χ4v) is 2.60. The third kappa shape index (κ3) is 2.69. The molecule has 3 rings (SSSR count). The van der Waals surface area contributed by atoms with Crippen molar-refractivity contribution in [2.24, 2.45) is 0 Å². The smallest absolute Gasteiger partial charge is 0.326 e. The highest BCUT2D eigenvalue weighted by Gasteiger charge is 2.33. The first-order valence-electron chi connectivity index (χ1n) is 7.07. The van der Waals surface area contributed by atoms with E-state index in [-0.39, 0.29) is 5.69 Å². The normalized spacial score (nSPS) is 18.2. The molecule has 7 nitrogen and oxygen atoms in total. The zero-order valence-corrected chi connectivity index (χ0v) is 11.8. The van der Waals surface area contributed by atoms with Gasteiger partial charge in [0, 0.05) is 30.6 Å². The SMILES string of the molecule is O=C(O)[C@@H]1CCCCN1C(=O)c1cc(-c2cccnc2)on1. The molecule has 0 bridgehead atoms. The van der Waals surface area contributed by atoms with Gasteiger partial charge in [-0.2, -0.15) is 0 Å². The molecule has 1 N–H and O–H groups in total. The third-order valence-electron chi connectivity index (χ3n) is 3.72. The summed E-state index contributed by atoms with van der Waals surface area (Å²) in [4.78, 5) is 29.1. The lowest BCUT2D eigenvalue weighted by Gasteiger charge is -2.32. The summed E-state index contributed by atoms with van der Waals surface area (Å²) in [6.45, 7) is 0.422. The van der Waals surface area contributed by atoms with E-state index in [0.29, 0.717) is 24.3 Å². The highest BCUT2D eigenvalue weighted by Crippen LogP contribution is 2.23. The summed E-state index contributed by atoms with van der Waals surface area (Å²) < 4.78 is 5.17. The second-order valence-corrected chi connectivity index (χ2v) is 5.17. The number of carboxylic acid groups (broad SMARTS) is 1. The Labute approximate surface area is 126 Å². The lowest BCUT2D eigenvalue weighted by molar-refractivity contribution is -0.143. The predicted molar refractivity (Wildman–Crippen MR) is 76.0 cm³/mol. The van der Waals surface area contributed by atoms with Gasteiger partial charge in [-0.05, 0) is 31.4 Å². The van der Waals surface area contributed by atoms with Gasteiger partial charge < -0.3 is 14.5 Å². The molecule has 1 saturated heterocycles. The van der Waals surface area contributed by atoms with Gasteiger partial charge in [0.15, 0.2) is 11.5 Å². The number of piperidine rings is 1. The van der Waals surface area contributed by atoms with Crippen LogP contribution in [0.25, 0.3) is 11.3 Å². The van der Waals surface area contributed by atoms with Gasteiger partial charge in [0.2, 0.25) is 0 Å². The van der Waals surface area contributed by atoms with Gasteiger partial charge in [0.1, 0.15) is 6.04 Å². The minimum absolute atomic E-state index is 0.118. The molecule has 0 aromatic carbocycles. The van der Waals surface area contributed by atoms with E-state index in [1.54, 1.807) is 24.5 Å². The van der Waals surface area contributed by atoms with Crippen molar-refractivity contribution in [3.05, 3.63) is 36.3 Å². The second-order valence-electron chi connectivity index (χ2n) is 5.17. The van der Waals surface area contributed by atoms with Gasteiger partial charge in [0.05, 0.1) is 0 Å². The minimum atomic E-state index is -0.982. The molecule has 22 heavy (non-hydrogen) atoms. The zero-order chi connectivity index (χ0) is 15.5. The third-order valence-corrected chi connectivity index (χ3v) is 3.72. The number of carbonyl (C=O) groups excluding carboxylic acids is 1. The van der Waals surface area contributed by atoms with Crippen molar-refractivity contribution in [1.29, 1.82) is 0 Å². The molecule has 2 aromatic heterocycles. The number of hydrogen-bond acceptors (Lipinski definition) is 5. The molecule has 1 amide bonds. The van der Waals surface area contributed by atoms with Crippen molar-refractivity contribution in [3.8, 4) is 11.3 Å². The lowest BCUT2D eigenvalue weighted by atomic mass is 10.0. The summed E-state index contributed by atoms with van der Waals surface area (Å²) in [5, 5.41) is 13.0. The van der Waals surface area contributed by atoms with Gasteiger partial charge in [-0.1, -0.05) is 5.16 Å². The summed E-state index contributed by atoms with van der Waals surface area (Å²) in [6.07, 6.45) is 5.31. The van der Waals surface area contributed by atoms with Crippen molar-refractivity contribution in [2.45, 2.75) is 25.3 Å². The standard InChI is InChI=1S/C15H15N3O4/c19-14(18-7-2-1-5-12(18)15(20)21)11-8-13(22-17-11)10-4-3-6-16-9-10/h3-4,6,8-9,12H,1-2,5,7H2,(H,20,21)/t12-/m0/s1. The van der Waals surface area contributed by atoms with E-state index in [4.69, 9.17) is 4.52 Å². The van der Waals surface area contributed by atoms with E-state index in [0.717, 1.165) is 12.8 Å². The maximum absolute atomic E-state index is 12.5. The van der Waals surface area contributed by atoms with E-state index < -0.39 is 17.9 Å². The van der Waals surface area contributed by atoms with E-state index in [1.165, 1.54) is 11.0 Å². The summed E-state index contributed by atoms with van der Waals surface area (Å²) in [5.74, 6) is -0.963. The largest absolute Gasteiger partial charge is 0.480 e. The summed E-state index contributed by atoms with van der Waals surface area (Å²) >= 11 is 0. The number of rotatable bonds is 3. The molecule has 0 aliphatic carbocycles. The Bertz CT molecular complexity index is 683. The molecular formula is C15H15N3O4. The maximum Gasteiger partial charge on any atom is 0.326 e. The van der Waals surface area contributed by atoms with Crippen LogP contribution >= 0.6 is 0 Å². The number of hydrogen-bond donors (Lipinski definition) is 1. The molecule has 0 unspecified atom stereocenters. The number of aliphatic carboxylic acids is 1. The van der Waals surface area contributed by atoms with Gasteiger partial charge in [-0.25, -0.2) is 4.79 Å². The van der Waals surface area contributed by atoms with Gasteiger partial charge in [-0.3, -0.25) is 9.78 Å². The van der Waals surface area contributed by atoms with Crippen LogP contribution in [0.1, 0.15) is 29.8 Å². The van der Waals surface area contributed by atoms with E-state index >= 15 is 0 Å². The summed E-state index contributed by atoms with van der Waals surface area (Å²) in [7, 11) is 0. The highest BCUT2D eigenvalue weighted by molar-refractivity contribution is 5.95. The summed E-state index contributed by atoms with van der Waals surface area (Å²) in [5.41, 5.74) is 0.828. The molecule has 114 valence electrons. The second kappa shape index (κ2) is 5.97. The topological polar surface area (TPSA) is 96.5 Å². The Balaban J connectivity index is 1.83. The van der Waals surface area contributed by atoms with E-state index in [9.17, 15) is 14.7 Å². The van der Waals surface area contributed by atoms with Crippen molar-refractivity contribution in [1.82, 2.24) is 15.0 Å². The fraction of sp³-hybridized carbons (Fsp3) is 0.333. The molecule has 1 fully saturated rings. The van der Waals surface area contributed by atoms with Crippen molar-refractivity contribution in [3.63, 3.8) is 0 Å². The Morgan fingerprint density at radius 1 is 1.36 bits per heavy atom. The number of pyridine rings is 1. The predicted octanol–water partition coefficient (Wildman–Crippen LogP) is 1.82. The van der Waals surface area contributed by atoms with Gasteiger partial charge in [-0.15, -0.1) is 0 Å². The molecule has 3 heterocycles. The number of carboxylic acids is 1. The Hall–Kier alpha value is -2.70. The number of aromatic nitrogens is 2. The Morgan fingerprint density at radius 3 is 2.95 bits per heavy atom. The number of nitrogens with zero attached hydrogens (tertiary/aromatic N) is 3. The van der Waals surface area contributed by atoms with E-state index in [2.05, 4.69) is 10.1 Å². The monoisotopic (exact) mass is 301 g/mol. The number of carbonyl (C=O) groups is 2. The van der Waals surface area contributed by atoms with Crippen LogP contribution in [0.5, 0.6) is 0 Å². The quantitative estimate of drug-likeness (QED) is 0.928. The first-order chi connectivity index (χ1) is 10.7. The Kier molecular flexibility index (Phi) is 3.86. The van der Waals surface area contributed by atoms with Crippen LogP contribution in [0.3, 0.4) is 0 Å². The molecule has 0 saturated carbocycles. The van der Waals surface area contributed by atoms with Crippen LogP contribution in [-0.2, 0) is 4.79 Å². The average molecular weight is 301 g/mol. The molecule has 1 atom stereocenters. The van der Waals surface area contributed by atoms with Crippen molar-refractivity contribution in [2.75, 3.05) is 6.54 Å². The molecule has 2 aromatic rings. The number of amides is 1. The molecule has 1 aliphatic heterocycles. The zero-order valence-electron chi connectivity index (χ0n) is 11.8. The van der Waals surface area contributed by atoms with Gasteiger partial charge >= 0.3 is 5.97 Å². The van der Waals surface area contributed by atoms with Crippen LogP contribution < -0.4 is 0 Å². The average Bonchev–Trinajstić information content (AvgIpc) is 3.05. The van der Waals surface area contributed by atoms with Gasteiger partial charge in [0.25, 0.3) is 5.91 Å². The van der Waals surface area contributed by atoms with Crippen LogP contribution in [0.2, 0.25) is 0 Å². The first kappa shape index (κ1) is 14.2. The van der Waals surface area contributed by atoms with E-state index in [1.807, 2.05) is 0 Å². The summed E-state index contributed by atoms with van der Waals surface area (Å²) in [6, 6.07) is 4.28. The highest BCUT2D eigenvalue weighted by atomic mass is 16.5. The van der Waals surface area contributed by atoms with Crippen LogP contribution in [0, 0.1) is 0 Å². The maximum atomic E-state index is 12.5. The minimum Gasteiger partial charge on any atom is -0.480 e. The van der Waals surface area contributed by atoms with Crippen LogP contribution in [-0.4, -0.2) is 44.6 Å². The Morgan fingerprint density at radius 2 is 2.23 bits per heavy atom. The van der Waals surface area contributed by atoms with Crippen molar-refractivity contribution >= 4 is 11.9 Å². The molecule has 7 heteroatoms. The fourth-order valence-electron chi connectivity index (χ4n) is 2.60. The molecule has 1 aliphatic rings. The van der Waals surface area contributed by atoms with Crippen molar-refractivity contribution < 1.29 is 19.2 Å². The lowest BCUT2D eigenvalue weighted by Crippen LogP contribution is -2.48. The molecular weight excluding hydrogens is 286 g/mol.